The van der Waals surface area contributed by atoms with Gasteiger partial charge in [0.25, 0.3) is 0 Å². The number of aliphatic carboxylic acids is 1. The summed E-state index contributed by atoms with van der Waals surface area (Å²) >= 11 is 0. The topological polar surface area (TPSA) is 78.4 Å². The lowest BCUT2D eigenvalue weighted by Crippen LogP contribution is -2.42. The standard InChI is InChI=1S/C11H22N2O3/c1-3-7-13-11(16)9(2)12-8-5-4-6-10(14)15/h9,12H,3-8H2,1-2H3,(H,13,16)(H,14,15). The molecule has 94 valence electrons. The van der Waals surface area contributed by atoms with Crippen molar-refractivity contribution in [3.8, 4) is 0 Å². The van der Waals surface area contributed by atoms with E-state index >= 15 is 0 Å². The third-order valence-corrected chi connectivity index (χ3v) is 2.21. The van der Waals surface area contributed by atoms with E-state index in [4.69, 9.17) is 5.11 Å². The Morgan fingerprint density at radius 2 is 1.94 bits per heavy atom. The van der Waals surface area contributed by atoms with Crippen LogP contribution in [0.3, 0.4) is 0 Å². The highest BCUT2D eigenvalue weighted by atomic mass is 16.4. The van der Waals surface area contributed by atoms with Crippen molar-refractivity contribution in [1.82, 2.24) is 10.6 Å². The summed E-state index contributed by atoms with van der Waals surface area (Å²) in [6, 6.07) is -0.212. The minimum Gasteiger partial charge on any atom is -0.481 e. The van der Waals surface area contributed by atoms with Gasteiger partial charge in [-0.3, -0.25) is 9.59 Å². The zero-order valence-corrected chi connectivity index (χ0v) is 10.1. The molecule has 1 atom stereocenters. The molecular weight excluding hydrogens is 208 g/mol. The molecular formula is C11H22N2O3. The van der Waals surface area contributed by atoms with Gasteiger partial charge in [0.05, 0.1) is 6.04 Å². The molecule has 0 saturated carbocycles. The number of rotatable bonds is 9. The van der Waals surface area contributed by atoms with Crippen LogP contribution in [0.1, 0.15) is 39.5 Å². The lowest BCUT2D eigenvalue weighted by Gasteiger charge is -2.13. The van der Waals surface area contributed by atoms with E-state index in [-0.39, 0.29) is 18.4 Å². The maximum atomic E-state index is 11.4. The fraction of sp³-hybridized carbons (Fsp3) is 0.818. The molecule has 1 unspecified atom stereocenters. The van der Waals surface area contributed by atoms with Crippen LogP contribution >= 0.6 is 0 Å². The first-order valence-electron chi connectivity index (χ1n) is 5.80. The molecule has 0 aliphatic carbocycles. The Bertz CT molecular complexity index is 219. The molecule has 0 aromatic rings. The predicted molar refractivity (Wildman–Crippen MR) is 62.3 cm³/mol. The van der Waals surface area contributed by atoms with E-state index in [1.54, 1.807) is 0 Å². The molecule has 0 aromatic heterocycles. The molecule has 0 spiro atoms. The first-order valence-corrected chi connectivity index (χ1v) is 5.80. The van der Waals surface area contributed by atoms with Gasteiger partial charge in [-0.1, -0.05) is 6.92 Å². The zero-order chi connectivity index (χ0) is 12.4. The van der Waals surface area contributed by atoms with Gasteiger partial charge in [0, 0.05) is 13.0 Å². The van der Waals surface area contributed by atoms with E-state index in [0.29, 0.717) is 19.5 Å². The highest BCUT2D eigenvalue weighted by molar-refractivity contribution is 5.81. The van der Waals surface area contributed by atoms with Gasteiger partial charge in [-0.2, -0.15) is 0 Å². The zero-order valence-electron chi connectivity index (χ0n) is 10.1. The number of amides is 1. The van der Waals surface area contributed by atoms with E-state index in [2.05, 4.69) is 10.6 Å². The van der Waals surface area contributed by atoms with Crippen LogP contribution in [0.2, 0.25) is 0 Å². The maximum absolute atomic E-state index is 11.4. The van der Waals surface area contributed by atoms with Gasteiger partial charge in [0.1, 0.15) is 0 Å². The Kier molecular flexibility index (Phi) is 8.52. The predicted octanol–water partition coefficient (Wildman–Crippen LogP) is 0.746. The summed E-state index contributed by atoms with van der Waals surface area (Å²) in [4.78, 5) is 21.6. The average Bonchev–Trinajstić information content (AvgIpc) is 2.24. The minimum absolute atomic E-state index is 0.0000783. The molecule has 0 rings (SSSR count). The Hall–Kier alpha value is -1.10. The van der Waals surface area contributed by atoms with Crippen LogP contribution < -0.4 is 10.6 Å². The molecule has 0 aliphatic rings. The maximum Gasteiger partial charge on any atom is 0.303 e. The number of unbranched alkanes of at least 4 members (excludes halogenated alkanes) is 1. The smallest absolute Gasteiger partial charge is 0.303 e. The van der Waals surface area contributed by atoms with E-state index in [1.165, 1.54) is 0 Å². The second-order valence-corrected chi connectivity index (χ2v) is 3.82. The Labute approximate surface area is 96.6 Å². The molecule has 0 aromatic carbocycles. The number of carbonyl (C=O) groups excluding carboxylic acids is 1. The number of carboxylic acid groups (broad SMARTS) is 1. The third kappa shape index (κ3) is 8.23. The SMILES string of the molecule is CCCNC(=O)C(C)NCCCCC(=O)O. The van der Waals surface area contributed by atoms with Crippen LogP contribution in [-0.4, -0.2) is 36.1 Å². The first kappa shape index (κ1) is 14.9. The fourth-order valence-corrected chi connectivity index (χ4v) is 1.21. The van der Waals surface area contributed by atoms with Crippen LogP contribution in [0.25, 0.3) is 0 Å². The molecule has 0 heterocycles. The van der Waals surface area contributed by atoms with Gasteiger partial charge in [0.15, 0.2) is 0 Å². The van der Waals surface area contributed by atoms with Crippen LogP contribution in [0.5, 0.6) is 0 Å². The van der Waals surface area contributed by atoms with Crippen LogP contribution in [-0.2, 0) is 9.59 Å². The molecule has 3 N–H and O–H groups in total. The van der Waals surface area contributed by atoms with E-state index in [0.717, 1.165) is 12.8 Å². The largest absolute Gasteiger partial charge is 0.481 e. The molecule has 0 saturated heterocycles. The number of carbonyl (C=O) groups is 2. The van der Waals surface area contributed by atoms with Gasteiger partial charge >= 0.3 is 5.97 Å². The quantitative estimate of drug-likeness (QED) is 0.511. The minimum atomic E-state index is -0.770. The van der Waals surface area contributed by atoms with Crippen LogP contribution in [0.4, 0.5) is 0 Å². The summed E-state index contributed by atoms with van der Waals surface area (Å²) in [6.07, 6.45) is 2.54. The summed E-state index contributed by atoms with van der Waals surface area (Å²) in [5.41, 5.74) is 0. The summed E-state index contributed by atoms with van der Waals surface area (Å²) in [6.45, 7) is 5.18. The van der Waals surface area contributed by atoms with Crippen molar-refractivity contribution in [2.75, 3.05) is 13.1 Å². The van der Waals surface area contributed by atoms with Crippen molar-refractivity contribution >= 4 is 11.9 Å². The van der Waals surface area contributed by atoms with Crippen molar-refractivity contribution in [3.63, 3.8) is 0 Å². The highest BCUT2D eigenvalue weighted by Crippen LogP contribution is 1.94. The lowest BCUT2D eigenvalue weighted by molar-refractivity contribution is -0.137. The van der Waals surface area contributed by atoms with Gasteiger partial charge in [-0.15, -0.1) is 0 Å². The van der Waals surface area contributed by atoms with Crippen molar-refractivity contribution in [2.24, 2.45) is 0 Å². The molecule has 0 fully saturated rings. The van der Waals surface area contributed by atoms with Crippen molar-refractivity contribution in [2.45, 2.75) is 45.6 Å². The van der Waals surface area contributed by atoms with Gasteiger partial charge in [-0.05, 0) is 32.7 Å². The Morgan fingerprint density at radius 1 is 1.25 bits per heavy atom. The van der Waals surface area contributed by atoms with Gasteiger partial charge in [0.2, 0.25) is 5.91 Å². The Morgan fingerprint density at radius 3 is 2.50 bits per heavy atom. The molecule has 0 aliphatic heterocycles. The van der Waals surface area contributed by atoms with Crippen LogP contribution in [0, 0.1) is 0 Å². The average molecular weight is 230 g/mol. The van der Waals surface area contributed by atoms with Crippen molar-refractivity contribution in [1.29, 1.82) is 0 Å². The summed E-state index contributed by atoms with van der Waals surface area (Å²) in [5.74, 6) is -0.770. The third-order valence-electron chi connectivity index (χ3n) is 2.21. The lowest BCUT2D eigenvalue weighted by atomic mass is 10.2. The molecule has 5 heteroatoms. The monoisotopic (exact) mass is 230 g/mol. The normalized spacial score (nSPS) is 12.1. The van der Waals surface area contributed by atoms with Gasteiger partial charge in [-0.25, -0.2) is 0 Å². The number of hydrogen-bond donors (Lipinski definition) is 3. The second-order valence-electron chi connectivity index (χ2n) is 3.82. The summed E-state index contributed by atoms with van der Waals surface area (Å²) in [7, 11) is 0. The van der Waals surface area contributed by atoms with Gasteiger partial charge < -0.3 is 15.7 Å². The first-order chi connectivity index (χ1) is 7.57. The number of hydrogen-bond acceptors (Lipinski definition) is 3. The number of carboxylic acids is 1. The highest BCUT2D eigenvalue weighted by Gasteiger charge is 2.10. The summed E-state index contributed by atoms with van der Waals surface area (Å²) in [5, 5.41) is 14.3. The van der Waals surface area contributed by atoms with E-state index < -0.39 is 5.97 Å². The van der Waals surface area contributed by atoms with E-state index in [9.17, 15) is 9.59 Å². The second kappa shape index (κ2) is 9.15. The molecule has 1 amide bonds. The fourth-order valence-electron chi connectivity index (χ4n) is 1.21. The molecule has 0 radical (unpaired) electrons. The number of nitrogens with one attached hydrogen (secondary N) is 2. The summed E-state index contributed by atoms with van der Waals surface area (Å²) < 4.78 is 0. The van der Waals surface area contributed by atoms with Crippen molar-refractivity contribution < 1.29 is 14.7 Å². The molecule has 0 bridgehead atoms. The van der Waals surface area contributed by atoms with Crippen molar-refractivity contribution in [3.05, 3.63) is 0 Å². The van der Waals surface area contributed by atoms with E-state index in [1.807, 2.05) is 13.8 Å². The van der Waals surface area contributed by atoms with Crippen LogP contribution in [0.15, 0.2) is 0 Å². The molecule has 16 heavy (non-hydrogen) atoms. The Balaban J connectivity index is 3.45. The molecule has 5 nitrogen and oxygen atoms in total.